The van der Waals surface area contributed by atoms with Crippen molar-refractivity contribution < 1.29 is 9.53 Å². The summed E-state index contributed by atoms with van der Waals surface area (Å²) in [5, 5.41) is 11.7. The van der Waals surface area contributed by atoms with Crippen molar-refractivity contribution in [2.24, 2.45) is 5.92 Å². The minimum Gasteiger partial charge on any atom is -0.493 e. The monoisotopic (exact) mass is 308 g/mol. The second-order valence-electron chi connectivity index (χ2n) is 5.67. The first kappa shape index (κ1) is 16.6. The molecule has 0 radical (unpaired) electrons. The Hall–Kier alpha value is -2.80. The van der Waals surface area contributed by atoms with E-state index in [0.717, 1.165) is 6.42 Å². The molecule has 1 N–H and O–H groups in total. The summed E-state index contributed by atoms with van der Waals surface area (Å²) in [5.41, 5.74) is 1.58. The second kappa shape index (κ2) is 8.00. The third-order valence-corrected chi connectivity index (χ3v) is 3.33. The van der Waals surface area contributed by atoms with E-state index < -0.39 is 0 Å². The van der Waals surface area contributed by atoms with Crippen LogP contribution < -0.4 is 10.1 Å². The number of nitrogens with one attached hydrogen (secondary N) is 1. The van der Waals surface area contributed by atoms with E-state index in [1.54, 1.807) is 42.5 Å². The molecule has 0 aliphatic heterocycles. The Morgan fingerprint density at radius 3 is 2.74 bits per heavy atom. The summed E-state index contributed by atoms with van der Waals surface area (Å²) in [6.07, 6.45) is 0.931. The molecule has 0 bridgehead atoms. The number of hydrogen-bond donors (Lipinski definition) is 1. The van der Waals surface area contributed by atoms with Crippen LogP contribution in [-0.4, -0.2) is 12.5 Å². The Morgan fingerprint density at radius 1 is 1.22 bits per heavy atom. The highest BCUT2D eigenvalue weighted by Gasteiger charge is 2.12. The van der Waals surface area contributed by atoms with Crippen LogP contribution in [0, 0.1) is 17.2 Å². The van der Waals surface area contributed by atoms with Gasteiger partial charge in [-0.1, -0.05) is 32.0 Å². The highest BCUT2D eigenvalue weighted by Crippen LogP contribution is 2.20. The molecule has 0 fully saturated rings. The van der Waals surface area contributed by atoms with Crippen molar-refractivity contribution in [2.75, 3.05) is 11.9 Å². The molecule has 0 saturated heterocycles. The Labute approximate surface area is 136 Å². The van der Waals surface area contributed by atoms with Gasteiger partial charge in [0.2, 0.25) is 0 Å². The van der Waals surface area contributed by atoms with Gasteiger partial charge in [-0.2, -0.15) is 5.26 Å². The smallest absolute Gasteiger partial charge is 0.259 e. The number of carbonyl (C=O) groups excluding carboxylic acids is 1. The SMILES string of the molecule is CC(C)CCOc1ccccc1C(=O)Nc1cccc(C#N)c1. The Morgan fingerprint density at radius 2 is 2.00 bits per heavy atom. The third-order valence-electron chi connectivity index (χ3n) is 3.33. The van der Waals surface area contributed by atoms with Gasteiger partial charge in [0, 0.05) is 5.69 Å². The number of amides is 1. The maximum absolute atomic E-state index is 12.5. The van der Waals surface area contributed by atoms with E-state index in [0.29, 0.717) is 35.1 Å². The number of hydrogen-bond acceptors (Lipinski definition) is 3. The van der Waals surface area contributed by atoms with Gasteiger partial charge < -0.3 is 10.1 Å². The van der Waals surface area contributed by atoms with Gasteiger partial charge in [0.1, 0.15) is 5.75 Å². The summed E-state index contributed by atoms with van der Waals surface area (Å²) in [7, 11) is 0. The van der Waals surface area contributed by atoms with Crippen LogP contribution in [-0.2, 0) is 0 Å². The third kappa shape index (κ3) is 4.86. The number of nitriles is 1. The van der Waals surface area contributed by atoms with Gasteiger partial charge in [-0.15, -0.1) is 0 Å². The van der Waals surface area contributed by atoms with Gasteiger partial charge in [-0.25, -0.2) is 0 Å². The fraction of sp³-hybridized carbons (Fsp3) is 0.263. The van der Waals surface area contributed by atoms with E-state index in [2.05, 4.69) is 25.2 Å². The lowest BCUT2D eigenvalue weighted by Gasteiger charge is -2.12. The first-order valence-electron chi connectivity index (χ1n) is 7.63. The number of carbonyl (C=O) groups is 1. The van der Waals surface area contributed by atoms with E-state index in [9.17, 15) is 4.79 Å². The number of anilines is 1. The summed E-state index contributed by atoms with van der Waals surface area (Å²) in [4.78, 5) is 12.5. The van der Waals surface area contributed by atoms with Gasteiger partial charge >= 0.3 is 0 Å². The van der Waals surface area contributed by atoms with Gasteiger partial charge in [0.25, 0.3) is 5.91 Å². The molecule has 0 saturated carbocycles. The maximum Gasteiger partial charge on any atom is 0.259 e. The highest BCUT2D eigenvalue weighted by atomic mass is 16.5. The summed E-state index contributed by atoms with van der Waals surface area (Å²) in [6, 6.07) is 16.0. The summed E-state index contributed by atoms with van der Waals surface area (Å²) < 4.78 is 5.74. The lowest BCUT2D eigenvalue weighted by molar-refractivity contribution is 0.102. The zero-order valence-corrected chi connectivity index (χ0v) is 13.4. The molecule has 2 aromatic carbocycles. The number of benzene rings is 2. The highest BCUT2D eigenvalue weighted by molar-refractivity contribution is 6.06. The van der Waals surface area contributed by atoms with E-state index in [1.807, 2.05) is 6.07 Å². The molecule has 0 heterocycles. The Bertz CT molecular complexity index is 717. The molecule has 2 aromatic rings. The van der Waals surface area contributed by atoms with Gasteiger partial charge in [-0.3, -0.25) is 4.79 Å². The molecule has 0 aliphatic rings. The first-order chi connectivity index (χ1) is 11.1. The van der Waals surface area contributed by atoms with Crippen molar-refractivity contribution in [1.29, 1.82) is 5.26 Å². The molecule has 118 valence electrons. The largest absolute Gasteiger partial charge is 0.493 e. The molecule has 2 rings (SSSR count). The van der Waals surface area contributed by atoms with E-state index in [-0.39, 0.29) is 5.91 Å². The van der Waals surface area contributed by atoms with Crippen molar-refractivity contribution in [3.05, 3.63) is 59.7 Å². The summed E-state index contributed by atoms with van der Waals surface area (Å²) >= 11 is 0. The predicted molar refractivity (Wildman–Crippen MR) is 90.5 cm³/mol. The molecular formula is C19H20N2O2. The lowest BCUT2D eigenvalue weighted by atomic mass is 10.1. The molecule has 0 spiro atoms. The molecule has 4 heteroatoms. The van der Waals surface area contributed by atoms with Crippen molar-refractivity contribution >= 4 is 11.6 Å². The van der Waals surface area contributed by atoms with Crippen LogP contribution in [0.3, 0.4) is 0 Å². The lowest BCUT2D eigenvalue weighted by Crippen LogP contribution is -2.14. The zero-order valence-electron chi connectivity index (χ0n) is 13.4. The normalized spacial score (nSPS) is 10.2. The number of ether oxygens (including phenoxy) is 1. The fourth-order valence-electron chi connectivity index (χ4n) is 2.05. The molecule has 0 aromatic heterocycles. The number of rotatable bonds is 6. The molecule has 1 amide bonds. The van der Waals surface area contributed by atoms with Crippen LogP contribution in [0.15, 0.2) is 48.5 Å². The van der Waals surface area contributed by atoms with Crippen molar-refractivity contribution in [1.82, 2.24) is 0 Å². The molecule has 0 unspecified atom stereocenters. The van der Waals surface area contributed by atoms with Crippen molar-refractivity contribution in [3.63, 3.8) is 0 Å². The zero-order chi connectivity index (χ0) is 16.7. The van der Waals surface area contributed by atoms with Gasteiger partial charge in [0.05, 0.1) is 23.8 Å². The van der Waals surface area contributed by atoms with Crippen molar-refractivity contribution in [2.45, 2.75) is 20.3 Å². The van der Waals surface area contributed by atoms with Crippen LogP contribution in [0.4, 0.5) is 5.69 Å². The number of para-hydroxylation sites is 1. The van der Waals surface area contributed by atoms with Crippen molar-refractivity contribution in [3.8, 4) is 11.8 Å². The van der Waals surface area contributed by atoms with Crippen LogP contribution in [0.5, 0.6) is 5.75 Å². The standard InChI is InChI=1S/C19H20N2O2/c1-14(2)10-11-23-18-9-4-3-8-17(18)19(22)21-16-7-5-6-15(12-16)13-20/h3-9,12,14H,10-11H2,1-2H3,(H,21,22). The fourth-order valence-corrected chi connectivity index (χ4v) is 2.05. The molecule has 4 nitrogen and oxygen atoms in total. The number of nitrogens with zero attached hydrogens (tertiary/aromatic N) is 1. The second-order valence-corrected chi connectivity index (χ2v) is 5.67. The summed E-state index contributed by atoms with van der Waals surface area (Å²) in [5.74, 6) is 0.868. The van der Waals surface area contributed by atoms with E-state index in [4.69, 9.17) is 10.00 Å². The van der Waals surface area contributed by atoms with Crippen LogP contribution in [0.25, 0.3) is 0 Å². The average molecular weight is 308 g/mol. The minimum atomic E-state index is -0.250. The van der Waals surface area contributed by atoms with Crippen LogP contribution >= 0.6 is 0 Å². The average Bonchev–Trinajstić information content (AvgIpc) is 2.55. The molecule has 0 aliphatic carbocycles. The Balaban J connectivity index is 2.11. The summed E-state index contributed by atoms with van der Waals surface area (Å²) in [6.45, 7) is 4.83. The van der Waals surface area contributed by atoms with Gasteiger partial charge in [0.15, 0.2) is 0 Å². The molecule has 0 atom stereocenters. The maximum atomic E-state index is 12.5. The van der Waals surface area contributed by atoms with E-state index >= 15 is 0 Å². The first-order valence-corrected chi connectivity index (χ1v) is 7.63. The van der Waals surface area contributed by atoms with Gasteiger partial charge in [-0.05, 0) is 42.7 Å². The van der Waals surface area contributed by atoms with Crippen LogP contribution in [0.1, 0.15) is 36.2 Å². The predicted octanol–water partition coefficient (Wildman–Crippen LogP) is 4.24. The quantitative estimate of drug-likeness (QED) is 0.868. The van der Waals surface area contributed by atoms with Crippen LogP contribution in [0.2, 0.25) is 0 Å². The molecule has 23 heavy (non-hydrogen) atoms. The topological polar surface area (TPSA) is 62.1 Å². The van der Waals surface area contributed by atoms with E-state index in [1.165, 1.54) is 0 Å². The molecular weight excluding hydrogens is 288 g/mol. The minimum absolute atomic E-state index is 0.250. The Kier molecular flexibility index (Phi) is 5.76.